The number of benzene rings is 3. The highest BCUT2D eigenvalue weighted by Crippen LogP contribution is 2.53. The van der Waals surface area contributed by atoms with Gasteiger partial charge in [0.05, 0.1) is 11.6 Å². The van der Waals surface area contributed by atoms with Gasteiger partial charge in [-0.2, -0.15) is 0 Å². The molecule has 3 amide bonds. The zero-order valence-corrected chi connectivity index (χ0v) is 31.8. The molecule has 0 aliphatic heterocycles. The molecule has 266 valence electrons. The molecule has 1 unspecified atom stereocenters. The molecule has 6 rings (SSSR count). The van der Waals surface area contributed by atoms with E-state index in [-0.39, 0.29) is 29.7 Å². The summed E-state index contributed by atoms with van der Waals surface area (Å²) in [6.45, 7) is 1.92. The van der Waals surface area contributed by atoms with Crippen molar-refractivity contribution in [3.05, 3.63) is 88.7 Å². The number of phenols is 1. The molecule has 4 atom stereocenters. The number of hydrogen-bond acceptors (Lipinski definition) is 10. The second kappa shape index (κ2) is 13.4. The van der Waals surface area contributed by atoms with Crippen LogP contribution in [0.1, 0.15) is 24.5 Å². The van der Waals surface area contributed by atoms with Crippen LogP contribution in [0.3, 0.4) is 0 Å². The largest absolute Gasteiger partial charge is 0.508 e. The summed E-state index contributed by atoms with van der Waals surface area (Å²) in [5, 5.41) is 50.9. The fraction of sp³-hybridized carbons (Fsp3) is 0.278. The van der Waals surface area contributed by atoms with Crippen molar-refractivity contribution in [2.75, 3.05) is 24.7 Å². The summed E-state index contributed by atoms with van der Waals surface area (Å²) < 4.78 is 5.38. The third-order valence-corrected chi connectivity index (χ3v) is 9.91. The molecule has 15 heteroatoms. The van der Waals surface area contributed by atoms with Crippen LogP contribution in [-0.2, 0) is 20.8 Å². The van der Waals surface area contributed by atoms with Crippen LogP contribution in [0, 0.1) is 11.8 Å². The lowest BCUT2D eigenvalue weighted by Gasteiger charge is -2.50. The second-order valence-electron chi connectivity index (χ2n) is 13.0. The maximum Gasteiger partial charge on any atom is 0.323 e. The molecule has 13 nitrogen and oxygen atoms in total. The van der Waals surface area contributed by atoms with Crippen LogP contribution in [0.15, 0.2) is 77.6 Å². The number of halogens is 2. The highest BCUT2D eigenvalue weighted by molar-refractivity contribution is 14.2. The Labute approximate surface area is 319 Å². The first-order valence-electron chi connectivity index (χ1n) is 15.8. The predicted octanol–water partition coefficient (Wildman–Crippen LogP) is 5.20. The minimum Gasteiger partial charge on any atom is -0.508 e. The van der Waals surface area contributed by atoms with E-state index in [1.54, 1.807) is 68.7 Å². The molecule has 1 saturated carbocycles. The van der Waals surface area contributed by atoms with E-state index in [1.165, 1.54) is 11.0 Å². The van der Waals surface area contributed by atoms with E-state index in [4.69, 9.17) is 10.5 Å². The molecule has 0 heterocycles. The number of ether oxygens (including phenoxy) is 1. The molecule has 51 heavy (non-hydrogen) atoms. The number of anilines is 2. The Morgan fingerprint density at radius 3 is 2.10 bits per heavy atom. The first-order chi connectivity index (χ1) is 23.9. The fourth-order valence-electron chi connectivity index (χ4n) is 7.35. The number of nitrogens with zero attached hydrogens (tertiary/aromatic N) is 1. The van der Waals surface area contributed by atoms with Crippen LogP contribution in [0.25, 0.3) is 16.9 Å². The van der Waals surface area contributed by atoms with Gasteiger partial charge in [0.1, 0.15) is 28.6 Å². The van der Waals surface area contributed by atoms with Crippen molar-refractivity contribution in [2.45, 2.75) is 33.0 Å². The average molecular weight is 920 g/mol. The molecular weight excluding hydrogens is 886 g/mol. The molecule has 0 aromatic heterocycles. The zero-order valence-electron chi connectivity index (χ0n) is 27.5. The van der Waals surface area contributed by atoms with Crippen molar-refractivity contribution >= 4 is 85.8 Å². The van der Waals surface area contributed by atoms with Gasteiger partial charge in [-0.25, -0.2) is 4.79 Å². The smallest absolute Gasteiger partial charge is 0.323 e. The maximum absolute atomic E-state index is 14.1. The third-order valence-electron chi connectivity index (χ3n) is 9.47. The quantitative estimate of drug-likeness (QED) is 0.0936. The monoisotopic (exact) mass is 920 g/mol. The van der Waals surface area contributed by atoms with Crippen molar-refractivity contribution < 1.29 is 44.3 Å². The van der Waals surface area contributed by atoms with Gasteiger partial charge in [-0.3, -0.25) is 19.3 Å². The Bertz CT molecular complexity index is 2040. The number of hydrogen-bond donors (Lipinski definition) is 7. The summed E-state index contributed by atoms with van der Waals surface area (Å²) in [6, 6.07) is 15.3. The van der Waals surface area contributed by atoms with Crippen molar-refractivity contribution in [1.29, 1.82) is 0 Å². The summed E-state index contributed by atoms with van der Waals surface area (Å²) in [5.74, 6) is -6.44. The number of aromatic hydroxyl groups is 1. The summed E-state index contributed by atoms with van der Waals surface area (Å²) in [7, 11) is 3.10. The van der Waals surface area contributed by atoms with E-state index in [9.17, 15) is 39.6 Å². The van der Waals surface area contributed by atoms with E-state index in [0.29, 0.717) is 33.8 Å². The number of phenolic OH excluding ortho intramolecular Hbond substituents is 1. The first kappa shape index (κ1) is 36.6. The lowest BCUT2D eigenvalue weighted by molar-refractivity contribution is -0.153. The number of primary amides is 1. The molecule has 3 aliphatic carbocycles. The van der Waals surface area contributed by atoms with Crippen LogP contribution < -0.4 is 21.1 Å². The number of aliphatic hydroxyl groups excluding tert-OH is 2. The average Bonchev–Trinajstić information content (AvgIpc) is 3.03. The van der Waals surface area contributed by atoms with Gasteiger partial charge in [0.15, 0.2) is 11.4 Å². The van der Waals surface area contributed by atoms with Crippen LogP contribution in [0.2, 0.25) is 0 Å². The fourth-order valence-corrected chi connectivity index (χ4v) is 7.86. The van der Waals surface area contributed by atoms with Gasteiger partial charge >= 0.3 is 6.03 Å². The molecule has 3 aromatic rings. The molecule has 0 spiro atoms. The van der Waals surface area contributed by atoms with E-state index in [1.807, 2.05) is 6.92 Å². The third kappa shape index (κ3) is 6.55. The normalized spacial score (nSPS) is 23.0. The number of aliphatic hydroxyl groups is 3. The summed E-state index contributed by atoms with van der Waals surface area (Å²) >= 11 is 4.33. The van der Waals surface area contributed by atoms with E-state index < -0.39 is 65.7 Å². The van der Waals surface area contributed by atoms with Crippen molar-refractivity contribution in [2.24, 2.45) is 17.6 Å². The number of nitrogens with one attached hydrogen (secondary N) is 2. The Kier molecular flexibility index (Phi) is 9.62. The van der Waals surface area contributed by atoms with Gasteiger partial charge in [-0.1, -0.05) is 18.2 Å². The molecule has 8 N–H and O–H groups in total. The van der Waals surface area contributed by atoms with Gasteiger partial charge in [-0.15, -0.1) is 0 Å². The zero-order chi connectivity index (χ0) is 37.2. The minimum atomic E-state index is -2.71. The van der Waals surface area contributed by atoms with Gasteiger partial charge in [0.25, 0.3) is 5.91 Å². The molecule has 0 bridgehead atoms. The Morgan fingerprint density at radius 1 is 0.961 bits per heavy atom. The van der Waals surface area contributed by atoms with Crippen LogP contribution in [0.5, 0.6) is 11.5 Å². The van der Waals surface area contributed by atoms with E-state index in [2.05, 4.69) is 55.8 Å². The minimum absolute atomic E-state index is 0.0107. The predicted molar refractivity (Wildman–Crippen MR) is 206 cm³/mol. The summed E-state index contributed by atoms with van der Waals surface area (Å²) in [5.41, 5.74) is 4.49. The van der Waals surface area contributed by atoms with Crippen molar-refractivity contribution in [3.8, 4) is 22.6 Å². The number of carbonyl (C=O) groups excluding carboxylic acids is 4. The first-order valence-corrected chi connectivity index (χ1v) is 17.9. The number of ketones is 2. The van der Waals surface area contributed by atoms with Gasteiger partial charge in [-0.05, 0) is 144 Å². The number of nitrogens with two attached hydrogens (primary N) is 1. The lowest BCUT2D eigenvalue weighted by Crippen LogP contribution is -2.65. The van der Waals surface area contributed by atoms with Crippen LogP contribution in [-0.4, -0.2) is 76.2 Å². The highest BCUT2D eigenvalue weighted by Gasteiger charge is 2.64. The number of carbonyl (C=O) groups is 4. The molecule has 0 radical (unpaired) electrons. The van der Waals surface area contributed by atoms with Gasteiger partial charge in [0.2, 0.25) is 7.40 Å². The van der Waals surface area contributed by atoms with E-state index >= 15 is 0 Å². The van der Waals surface area contributed by atoms with Crippen LogP contribution >= 0.6 is 45.2 Å². The number of alkyl halides is 2. The maximum atomic E-state index is 14.1. The molecule has 1 fully saturated rings. The highest BCUT2D eigenvalue weighted by atomic mass is 127. The molecular formula is C36H34I2N4O9. The van der Waals surface area contributed by atoms with Gasteiger partial charge < -0.3 is 41.5 Å². The van der Waals surface area contributed by atoms with E-state index in [0.717, 1.165) is 0 Å². The second-order valence-corrected chi connectivity index (χ2v) is 19.2. The number of Topliss-reactive ketones (excluding diaryl/α,β-unsaturated/α-hetero) is 2. The Morgan fingerprint density at radius 2 is 1.55 bits per heavy atom. The summed E-state index contributed by atoms with van der Waals surface area (Å²) in [4.78, 5) is 53.8. The SMILES string of the molecule is CN(C)C1C(=O)C(C(N)=O)=C(O)[C@@]2(O)C(=O)C3=C(O)c4c(O)ccc(-c5ccc(NC(=O)Nc6ccc(OC(C)(I)I)cc6)cc5)c4C[C@H]3C[C@@H]12. The topological polar surface area (TPSA) is 212 Å². The number of fused-ring (bicyclic) bond motifs is 3. The standard InChI is InChI=1S/C36H34I2N4O9/c1-35(37,38)51-20-10-8-19(9-11-20)41-34(49)40-18-6-4-16(5-7-18)21-12-13-24(43)26-22(21)14-17-15-23-28(42(2)3)30(45)27(33(39)48)32(47)36(23,50)31(46)25(17)29(26)44/h4-13,17,23,28,43-44,47,50H,14-15H2,1-3H3,(H2,39,48)(H2,40,41,49)/t17-,23-,28?,36-/m0/s1. The van der Waals surface area contributed by atoms with Gasteiger partial charge in [0, 0.05) is 22.9 Å². The Hall–Kier alpha value is -4.20. The van der Waals surface area contributed by atoms with Crippen molar-refractivity contribution in [3.63, 3.8) is 0 Å². The lowest BCUT2D eigenvalue weighted by atomic mass is 9.57. The van der Waals surface area contributed by atoms with Crippen LogP contribution in [0.4, 0.5) is 16.2 Å². The number of rotatable bonds is 7. The van der Waals surface area contributed by atoms with Crippen molar-refractivity contribution in [1.82, 2.24) is 4.90 Å². The summed E-state index contributed by atoms with van der Waals surface area (Å²) in [6.07, 6.45) is 0.115. The number of urea groups is 1. The molecule has 3 aliphatic rings. The molecule has 3 aromatic carbocycles. The number of amides is 3. The molecule has 0 saturated heterocycles. The number of likely N-dealkylation sites (N-methyl/N-ethyl adjacent to an activating group) is 1. The Balaban J connectivity index is 1.29.